The topological polar surface area (TPSA) is 117 Å². The number of nitrogen functional groups attached to an aromatic ring is 1. The Balaban J connectivity index is 1.57. The van der Waals surface area contributed by atoms with Crippen molar-refractivity contribution in [3.8, 4) is 16.9 Å². The summed E-state index contributed by atoms with van der Waals surface area (Å²) in [7, 11) is 0. The van der Waals surface area contributed by atoms with Gasteiger partial charge in [0.15, 0.2) is 6.73 Å². The summed E-state index contributed by atoms with van der Waals surface area (Å²) in [5.74, 6) is -0.907. The van der Waals surface area contributed by atoms with Crippen molar-refractivity contribution in [2.45, 2.75) is 12.8 Å². The van der Waals surface area contributed by atoms with Crippen LogP contribution in [0.1, 0.15) is 18.4 Å². The zero-order valence-corrected chi connectivity index (χ0v) is 14.7. The van der Waals surface area contributed by atoms with Gasteiger partial charge in [0, 0.05) is 12.1 Å². The van der Waals surface area contributed by atoms with E-state index in [2.05, 4.69) is 0 Å². The lowest BCUT2D eigenvalue weighted by Crippen LogP contribution is -2.31. The smallest absolute Gasteiger partial charge is 0.304 e. The third-order valence-electron chi connectivity index (χ3n) is 4.60. The minimum atomic E-state index is -0.956. The first kappa shape index (κ1) is 18.4. The summed E-state index contributed by atoms with van der Waals surface area (Å²) in [6, 6.07) is 14.9. The molecular formula is C20H21N3O4. The number of amidine groups is 1. The van der Waals surface area contributed by atoms with Gasteiger partial charge in [-0.15, -0.1) is 0 Å². The molecule has 7 heteroatoms. The molecule has 140 valence electrons. The maximum absolute atomic E-state index is 12.1. The number of carboxylic acid groups (broad SMARTS) is 1. The van der Waals surface area contributed by atoms with E-state index >= 15 is 0 Å². The molecule has 2 aromatic carbocycles. The highest BCUT2D eigenvalue weighted by Gasteiger charge is 2.33. The molecule has 3 rings (SSSR count). The van der Waals surface area contributed by atoms with Gasteiger partial charge in [-0.05, 0) is 29.7 Å². The molecule has 4 N–H and O–H groups in total. The molecule has 1 atom stereocenters. The van der Waals surface area contributed by atoms with Crippen LogP contribution in [0, 0.1) is 11.3 Å². The molecule has 2 aromatic rings. The van der Waals surface area contributed by atoms with Crippen molar-refractivity contribution < 1.29 is 19.4 Å². The van der Waals surface area contributed by atoms with Gasteiger partial charge in [-0.3, -0.25) is 15.0 Å². The molecule has 0 radical (unpaired) electrons. The van der Waals surface area contributed by atoms with Crippen LogP contribution in [-0.2, 0) is 9.59 Å². The first-order valence-corrected chi connectivity index (χ1v) is 8.62. The van der Waals surface area contributed by atoms with Crippen molar-refractivity contribution >= 4 is 17.7 Å². The summed E-state index contributed by atoms with van der Waals surface area (Å²) in [6.07, 6.45) is 0.413. The standard InChI is InChI=1S/C20H21N3O4/c21-19(22)15-3-1-13(2-4-15)14-5-7-17(8-6-14)27-12-23-10-9-16(20(23)26)11-18(24)25/h1-8,16H,9-12H2,(H3,21,22)(H,24,25). The lowest BCUT2D eigenvalue weighted by Gasteiger charge is -2.17. The highest BCUT2D eigenvalue weighted by Crippen LogP contribution is 2.24. The average molecular weight is 367 g/mol. The predicted molar refractivity (Wildman–Crippen MR) is 100 cm³/mol. The monoisotopic (exact) mass is 367 g/mol. The van der Waals surface area contributed by atoms with Crippen molar-refractivity contribution in [2.75, 3.05) is 13.3 Å². The van der Waals surface area contributed by atoms with E-state index in [1.54, 1.807) is 17.0 Å². The van der Waals surface area contributed by atoms with E-state index in [1.807, 2.05) is 36.4 Å². The van der Waals surface area contributed by atoms with Gasteiger partial charge < -0.3 is 20.5 Å². The molecule has 1 amide bonds. The molecule has 1 heterocycles. The van der Waals surface area contributed by atoms with E-state index in [4.69, 9.17) is 21.0 Å². The third kappa shape index (κ3) is 4.44. The number of ether oxygens (including phenoxy) is 1. The summed E-state index contributed by atoms with van der Waals surface area (Å²) < 4.78 is 5.67. The zero-order valence-electron chi connectivity index (χ0n) is 14.7. The van der Waals surface area contributed by atoms with E-state index in [1.165, 1.54) is 0 Å². The number of carbonyl (C=O) groups excluding carboxylic acids is 1. The quantitative estimate of drug-likeness (QED) is 0.513. The van der Waals surface area contributed by atoms with Gasteiger partial charge in [0.05, 0.1) is 12.3 Å². The van der Waals surface area contributed by atoms with Crippen LogP contribution in [0.3, 0.4) is 0 Å². The number of likely N-dealkylation sites (tertiary alicyclic amines) is 1. The molecule has 0 saturated carbocycles. The summed E-state index contributed by atoms with van der Waals surface area (Å²) in [5, 5.41) is 16.2. The van der Waals surface area contributed by atoms with Gasteiger partial charge in [0.2, 0.25) is 5.91 Å². The Morgan fingerprint density at radius 2 is 1.74 bits per heavy atom. The molecule has 0 bridgehead atoms. The minimum Gasteiger partial charge on any atom is -0.481 e. The number of benzene rings is 2. The maximum Gasteiger partial charge on any atom is 0.304 e. The molecule has 1 aliphatic heterocycles. The Bertz CT molecular complexity index is 847. The summed E-state index contributed by atoms with van der Waals surface area (Å²) in [6.45, 7) is 0.624. The van der Waals surface area contributed by atoms with Crippen molar-refractivity contribution in [1.29, 1.82) is 5.41 Å². The zero-order chi connectivity index (χ0) is 19.4. The fourth-order valence-corrected chi connectivity index (χ4v) is 3.07. The van der Waals surface area contributed by atoms with Crippen LogP contribution in [0.4, 0.5) is 0 Å². The van der Waals surface area contributed by atoms with E-state index in [0.29, 0.717) is 24.3 Å². The summed E-state index contributed by atoms with van der Waals surface area (Å²) >= 11 is 0. The second-order valence-corrected chi connectivity index (χ2v) is 6.47. The number of carboxylic acids is 1. The number of nitrogens with one attached hydrogen (secondary N) is 1. The molecule has 1 aliphatic rings. The number of carbonyl (C=O) groups is 2. The number of nitrogens with zero attached hydrogens (tertiary/aromatic N) is 1. The fraction of sp³-hybridized carbons (Fsp3) is 0.250. The second kappa shape index (κ2) is 7.90. The van der Waals surface area contributed by atoms with Crippen LogP contribution < -0.4 is 10.5 Å². The Morgan fingerprint density at radius 1 is 1.15 bits per heavy atom. The maximum atomic E-state index is 12.1. The third-order valence-corrected chi connectivity index (χ3v) is 4.60. The average Bonchev–Trinajstić information content (AvgIpc) is 3.00. The van der Waals surface area contributed by atoms with Gasteiger partial charge in [0.25, 0.3) is 0 Å². The molecule has 0 spiro atoms. The predicted octanol–water partition coefficient (Wildman–Crippen LogP) is 2.30. The van der Waals surface area contributed by atoms with E-state index in [-0.39, 0.29) is 24.9 Å². The molecule has 27 heavy (non-hydrogen) atoms. The summed E-state index contributed by atoms with van der Waals surface area (Å²) in [5.41, 5.74) is 8.13. The SMILES string of the molecule is N=C(N)c1ccc(-c2ccc(OCN3CCC(CC(=O)O)C3=O)cc2)cc1. The Morgan fingerprint density at radius 3 is 2.30 bits per heavy atom. The van der Waals surface area contributed by atoms with Crippen LogP contribution in [0.5, 0.6) is 5.75 Å². The van der Waals surface area contributed by atoms with Gasteiger partial charge in [-0.1, -0.05) is 36.4 Å². The highest BCUT2D eigenvalue weighted by molar-refractivity contribution is 5.95. The van der Waals surface area contributed by atoms with Gasteiger partial charge in [-0.25, -0.2) is 0 Å². The van der Waals surface area contributed by atoms with Crippen molar-refractivity contribution in [2.24, 2.45) is 11.7 Å². The molecule has 1 fully saturated rings. The lowest BCUT2D eigenvalue weighted by atomic mass is 10.0. The Labute approximate surface area is 156 Å². The number of hydrogen-bond donors (Lipinski definition) is 3. The number of rotatable bonds is 7. The number of hydrogen-bond acceptors (Lipinski definition) is 4. The van der Waals surface area contributed by atoms with Crippen molar-refractivity contribution in [1.82, 2.24) is 4.90 Å². The van der Waals surface area contributed by atoms with E-state index in [0.717, 1.165) is 11.1 Å². The first-order valence-electron chi connectivity index (χ1n) is 8.62. The molecule has 7 nitrogen and oxygen atoms in total. The van der Waals surface area contributed by atoms with Crippen LogP contribution in [0.25, 0.3) is 11.1 Å². The van der Waals surface area contributed by atoms with E-state index in [9.17, 15) is 9.59 Å². The second-order valence-electron chi connectivity index (χ2n) is 6.47. The normalized spacial score (nSPS) is 16.4. The Hall–Kier alpha value is -3.35. The highest BCUT2D eigenvalue weighted by atomic mass is 16.5. The number of aliphatic carboxylic acids is 1. The molecular weight excluding hydrogens is 346 g/mol. The van der Waals surface area contributed by atoms with Crippen molar-refractivity contribution in [3.63, 3.8) is 0 Å². The molecule has 0 aliphatic carbocycles. The van der Waals surface area contributed by atoms with Crippen molar-refractivity contribution in [3.05, 3.63) is 54.1 Å². The van der Waals surface area contributed by atoms with Gasteiger partial charge in [-0.2, -0.15) is 0 Å². The largest absolute Gasteiger partial charge is 0.481 e. The molecule has 1 saturated heterocycles. The van der Waals surface area contributed by atoms with Crippen LogP contribution in [0.2, 0.25) is 0 Å². The van der Waals surface area contributed by atoms with Crippen LogP contribution in [-0.4, -0.2) is 41.0 Å². The van der Waals surface area contributed by atoms with Crippen LogP contribution >= 0.6 is 0 Å². The lowest BCUT2D eigenvalue weighted by molar-refractivity contribution is -0.142. The minimum absolute atomic E-state index is 0.0346. The fourth-order valence-electron chi connectivity index (χ4n) is 3.07. The molecule has 1 unspecified atom stereocenters. The number of nitrogens with two attached hydrogens (primary N) is 1. The van der Waals surface area contributed by atoms with Crippen LogP contribution in [0.15, 0.2) is 48.5 Å². The first-order chi connectivity index (χ1) is 12.9. The number of amides is 1. The van der Waals surface area contributed by atoms with Gasteiger partial charge >= 0.3 is 5.97 Å². The Kier molecular flexibility index (Phi) is 5.40. The molecule has 0 aromatic heterocycles. The summed E-state index contributed by atoms with van der Waals surface area (Å²) in [4.78, 5) is 24.4. The van der Waals surface area contributed by atoms with Gasteiger partial charge in [0.1, 0.15) is 11.6 Å². The van der Waals surface area contributed by atoms with E-state index < -0.39 is 11.9 Å².